The van der Waals surface area contributed by atoms with Gasteiger partial charge >= 0.3 is 0 Å². The number of phenols is 1. The largest absolute Gasteiger partial charge is 0.506 e. The zero-order valence-corrected chi connectivity index (χ0v) is 14.0. The van der Waals surface area contributed by atoms with Crippen LogP contribution in [0.15, 0.2) is 34.1 Å². The molecular weight excluding hydrogens is 359 g/mol. The molecule has 0 saturated heterocycles. The highest BCUT2D eigenvalue weighted by molar-refractivity contribution is 7.91. The molecule has 0 unspecified atom stereocenters. The van der Waals surface area contributed by atoms with Crippen LogP contribution in [0.4, 0.5) is 18.9 Å². The molecule has 9 heteroatoms. The molecule has 0 aliphatic heterocycles. The molecule has 2 aromatic carbocycles. The lowest BCUT2D eigenvalue weighted by atomic mass is 10.1. The second-order valence-electron chi connectivity index (χ2n) is 5.14. The van der Waals surface area contributed by atoms with Gasteiger partial charge in [0, 0.05) is 12.0 Å². The fourth-order valence-electron chi connectivity index (χ4n) is 2.16. The Morgan fingerprint density at radius 1 is 1.16 bits per heavy atom. The highest BCUT2D eigenvalue weighted by atomic mass is 32.2. The van der Waals surface area contributed by atoms with Gasteiger partial charge in [-0.25, -0.2) is 21.6 Å². The van der Waals surface area contributed by atoms with E-state index in [0.717, 1.165) is 19.1 Å². The molecule has 0 bridgehead atoms. The second kappa shape index (κ2) is 6.75. The highest BCUT2D eigenvalue weighted by Crippen LogP contribution is 2.40. The summed E-state index contributed by atoms with van der Waals surface area (Å²) >= 11 is 0. The van der Waals surface area contributed by atoms with Crippen LogP contribution in [0.2, 0.25) is 0 Å². The van der Waals surface area contributed by atoms with Gasteiger partial charge in [-0.3, -0.25) is 4.79 Å². The predicted molar refractivity (Wildman–Crippen MR) is 83.5 cm³/mol. The number of nitrogens with one attached hydrogen (secondary N) is 1. The van der Waals surface area contributed by atoms with Crippen molar-refractivity contribution in [3.8, 4) is 5.75 Å². The van der Waals surface area contributed by atoms with Gasteiger partial charge in [-0.1, -0.05) is 19.1 Å². The van der Waals surface area contributed by atoms with Crippen LogP contribution in [-0.4, -0.2) is 19.4 Å². The van der Waals surface area contributed by atoms with E-state index in [1.165, 1.54) is 19.1 Å². The van der Waals surface area contributed by atoms with E-state index >= 15 is 0 Å². The lowest BCUT2D eigenvalue weighted by Gasteiger charge is -2.16. The maximum absolute atomic E-state index is 14.4. The van der Waals surface area contributed by atoms with E-state index < -0.39 is 60.0 Å². The molecule has 0 heterocycles. The maximum atomic E-state index is 14.4. The van der Waals surface area contributed by atoms with Crippen molar-refractivity contribution in [1.29, 1.82) is 0 Å². The van der Waals surface area contributed by atoms with Crippen molar-refractivity contribution in [3.63, 3.8) is 0 Å². The van der Waals surface area contributed by atoms with Gasteiger partial charge < -0.3 is 10.4 Å². The van der Waals surface area contributed by atoms with Crippen molar-refractivity contribution in [2.24, 2.45) is 0 Å². The quantitative estimate of drug-likeness (QED) is 0.861. The first kappa shape index (κ1) is 18.8. The van der Waals surface area contributed by atoms with E-state index in [1.54, 1.807) is 0 Å². The Bertz CT molecular complexity index is 929. The molecule has 5 nitrogen and oxygen atoms in total. The number of benzene rings is 2. The van der Waals surface area contributed by atoms with E-state index in [2.05, 4.69) is 5.32 Å². The lowest BCUT2D eigenvalue weighted by molar-refractivity contribution is -0.115. The number of hydrogen-bond acceptors (Lipinski definition) is 4. The standard InChI is InChI=1S/C16H14F3NO4S/c1-3-11(21)20-14-8(2)15(22)16(13(19)12(14)18)25(23,24)10-7-5-4-6-9(10)17/h4-7,22H,3H2,1-2H3,(H,20,21). The van der Waals surface area contributed by atoms with Crippen LogP contribution in [0.25, 0.3) is 0 Å². The summed E-state index contributed by atoms with van der Waals surface area (Å²) in [6, 6.07) is 4.12. The van der Waals surface area contributed by atoms with Gasteiger partial charge in [0.05, 0.1) is 5.69 Å². The molecule has 2 rings (SSSR count). The fourth-order valence-corrected chi connectivity index (χ4v) is 3.70. The number of rotatable bonds is 4. The summed E-state index contributed by atoms with van der Waals surface area (Å²) in [5.74, 6) is -6.51. The summed E-state index contributed by atoms with van der Waals surface area (Å²) in [7, 11) is -4.88. The Balaban J connectivity index is 2.76. The molecule has 1 amide bonds. The van der Waals surface area contributed by atoms with Crippen LogP contribution in [-0.2, 0) is 14.6 Å². The Kier molecular flexibility index (Phi) is 5.07. The molecule has 25 heavy (non-hydrogen) atoms. The van der Waals surface area contributed by atoms with Crippen LogP contribution in [0.1, 0.15) is 18.9 Å². The summed E-state index contributed by atoms with van der Waals surface area (Å²) in [4.78, 5) is 9.11. The minimum Gasteiger partial charge on any atom is -0.506 e. The molecule has 2 aromatic rings. The molecule has 0 spiro atoms. The van der Waals surface area contributed by atoms with E-state index in [1.807, 2.05) is 0 Å². The first-order valence-corrected chi connectivity index (χ1v) is 8.61. The molecule has 0 aliphatic rings. The number of carbonyl (C=O) groups is 1. The van der Waals surface area contributed by atoms with Crippen molar-refractivity contribution in [3.05, 3.63) is 47.3 Å². The van der Waals surface area contributed by atoms with Crippen LogP contribution in [0.3, 0.4) is 0 Å². The fraction of sp³-hybridized carbons (Fsp3) is 0.188. The van der Waals surface area contributed by atoms with Crippen LogP contribution in [0.5, 0.6) is 5.75 Å². The lowest BCUT2D eigenvalue weighted by Crippen LogP contribution is -2.16. The Hall–Kier alpha value is -2.55. The van der Waals surface area contributed by atoms with Gasteiger partial charge in [0.25, 0.3) is 0 Å². The first-order valence-electron chi connectivity index (χ1n) is 7.12. The average Bonchev–Trinajstić information content (AvgIpc) is 2.56. The number of anilines is 1. The molecule has 0 radical (unpaired) electrons. The van der Waals surface area contributed by atoms with Gasteiger partial charge in [-0.2, -0.15) is 0 Å². The zero-order chi connectivity index (χ0) is 18.9. The van der Waals surface area contributed by atoms with Crippen molar-refractivity contribution in [2.45, 2.75) is 30.1 Å². The van der Waals surface area contributed by atoms with Gasteiger partial charge in [-0.15, -0.1) is 0 Å². The third-order valence-electron chi connectivity index (χ3n) is 3.54. The first-order chi connectivity index (χ1) is 11.6. The molecule has 0 fully saturated rings. The molecule has 0 atom stereocenters. The Morgan fingerprint density at radius 2 is 1.76 bits per heavy atom. The van der Waals surface area contributed by atoms with Crippen LogP contribution in [0, 0.1) is 24.4 Å². The van der Waals surface area contributed by atoms with E-state index in [-0.39, 0.29) is 6.42 Å². The summed E-state index contributed by atoms with van der Waals surface area (Å²) in [5.41, 5.74) is -1.06. The summed E-state index contributed by atoms with van der Waals surface area (Å²) < 4.78 is 67.5. The smallest absolute Gasteiger partial charge is 0.224 e. The van der Waals surface area contributed by atoms with Crippen molar-refractivity contribution < 1.29 is 31.5 Å². The molecular formula is C16H14F3NO4S. The molecule has 0 aromatic heterocycles. The number of aromatic hydroxyl groups is 1. The topological polar surface area (TPSA) is 83.5 Å². The number of halogens is 3. The minimum atomic E-state index is -4.88. The van der Waals surface area contributed by atoms with Gasteiger partial charge in [-0.05, 0) is 19.1 Å². The minimum absolute atomic E-state index is 0.0451. The monoisotopic (exact) mass is 373 g/mol. The number of sulfone groups is 1. The molecule has 134 valence electrons. The number of hydrogen-bond donors (Lipinski definition) is 2. The second-order valence-corrected chi connectivity index (χ2v) is 7.00. The SMILES string of the molecule is CCC(=O)Nc1c(C)c(O)c(S(=O)(=O)c2ccccc2F)c(F)c1F. The van der Waals surface area contributed by atoms with Gasteiger partial charge in [0.2, 0.25) is 15.7 Å². The average molecular weight is 373 g/mol. The summed E-state index contributed by atoms with van der Waals surface area (Å²) in [5, 5.41) is 12.2. The number of amides is 1. The molecule has 2 N–H and O–H groups in total. The van der Waals surface area contributed by atoms with E-state index in [0.29, 0.717) is 0 Å². The van der Waals surface area contributed by atoms with Crippen LogP contribution >= 0.6 is 0 Å². The number of carbonyl (C=O) groups excluding carboxylic acids is 1. The third kappa shape index (κ3) is 3.19. The van der Waals surface area contributed by atoms with E-state index in [4.69, 9.17) is 0 Å². The van der Waals surface area contributed by atoms with E-state index in [9.17, 15) is 31.5 Å². The molecule has 0 saturated carbocycles. The van der Waals surface area contributed by atoms with Crippen molar-refractivity contribution in [1.82, 2.24) is 0 Å². The van der Waals surface area contributed by atoms with Gasteiger partial charge in [0.15, 0.2) is 16.5 Å². The highest BCUT2D eigenvalue weighted by Gasteiger charge is 2.34. The third-order valence-corrected chi connectivity index (χ3v) is 5.36. The zero-order valence-electron chi connectivity index (χ0n) is 13.2. The Morgan fingerprint density at radius 3 is 2.32 bits per heavy atom. The van der Waals surface area contributed by atoms with Crippen molar-refractivity contribution in [2.75, 3.05) is 5.32 Å². The number of phenolic OH excluding ortho intramolecular Hbond substituents is 1. The maximum Gasteiger partial charge on any atom is 0.224 e. The molecule has 0 aliphatic carbocycles. The summed E-state index contributed by atoms with van der Waals surface area (Å²) in [6.07, 6.45) is -0.0451. The summed E-state index contributed by atoms with van der Waals surface area (Å²) in [6.45, 7) is 2.57. The Labute approximate surface area is 142 Å². The normalized spacial score (nSPS) is 11.4. The van der Waals surface area contributed by atoms with Gasteiger partial charge in [0.1, 0.15) is 16.5 Å². The van der Waals surface area contributed by atoms with Crippen molar-refractivity contribution >= 4 is 21.4 Å². The predicted octanol–water partition coefficient (Wildman–Crippen LogP) is 3.30. The van der Waals surface area contributed by atoms with Crippen LogP contribution < -0.4 is 5.32 Å².